The molecule has 1 N–H and O–H groups in total. The number of nitrogens with one attached hydrogen (secondary N) is 1. The van der Waals surface area contributed by atoms with Crippen molar-refractivity contribution in [1.82, 2.24) is 10.2 Å². The van der Waals surface area contributed by atoms with E-state index in [0.717, 1.165) is 5.57 Å². The number of allylic oxidation sites excluding steroid dienone is 1. The third-order valence-corrected chi connectivity index (χ3v) is 2.89. The molecule has 1 aliphatic heterocycles. The first-order chi connectivity index (χ1) is 8.54. The summed E-state index contributed by atoms with van der Waals surface area (Å²) in [6, 6.07) is -0.0986. The molecule has 0 unspecified atom stereocenters. The number of hydrogen-bond donors (Lipinski definition) is 1. The van der Waals surface area contributed by atoms with Gasteiger partial charge in [0, 0.05) is 19.3 Å². The van der Waals surface area contributed by atoms with Gasteiger partial charge < -0.3 is 15.0 Å². The van der Waals surface area contributed by atoms with E-state index in [0.29, 0.717) is 32.5 Å². The fraction of sp³-hybridized carbons (Fsp3) is 0.692. The van der Waals surface area contributed by atoms with Crippen LogP contribution in [0.15, 0.2) is 11.8 Å². The summed E-state index contributed by atoms with van der Waals surface area (Å²) in [6.45, 7) is 7.28. The standard InChI is InChI=1S/C13H22N2O3/c1-4-18-12(16)11-5-7-15(8-6-11)13(17)14-9-10(2)3/h9,11H,4-8H2,1-3H3,(H,14,17). The molecule has 0 spiro atoms. The molecule has 0 aromatic heterocycles. The van der Waals surface area contributed by atoms with E-state index in [2.05, 4.69) is 5.32 Å². The number of carbonyl (C=O) groups is 2. The Kier molecular flexibility index (Phi) is 5.68. The molecule has 0 bridgehead atoms. The van der Waals surface area contributed by atoms with Gasteiger partial charge in [0.25, 0.3) is 0 Å². The number of likely N-dealkylation sites (tertiary alicyclic amines) is 1. The fourth-order valence-electron chi connectivity index (χ4n) is 1.88. The van der Waals surface area contributed by atoms with Gasteiger partial charge in [-0.15, -0.1) is 0 Å². The molecule has 1 saturated heterocycles. The number of ether oxygens (including phenoxy) is 1. The first-order valence-electron chi connectivity index (χ1n) is 6.40. The van der Waals surface area contributed by atoms with Crippen molar-refractivity contribution in [2.75, 3.05) is 19.7 Å². The zero-order valence-electron chi connectivity index (χ0n) is 11.4. The molecule has 1 rings (SSSR count). The predicted octanol–water partition coefficient (Wildman–Crippen LogP) is 1.89. The largest absolute Gasteiger partial charge is 0.466 e. The Morgan fingerprint density at radius 1 is 1.33 bits per heavy atom. The first kappa shape index (κ1) is 14.5. The number of carbonyl (C=O) groups excluding carboxylic acids is 2. The Balaban J connectivity index is 2.37. The molecule has 0 radical (unpaired) electrons. The average Bonchev–Trinajstić information content (AvgIpc) is 2.36. The quantitative estimate of drug-likeness (QED) is 0.782. The predicted molar refractivity (Wildman–Crippen MR) is 68.9 cm³/mol. The van der Waals surface area contributed by atoms with Crippen LogP contribution in [0, 0.1) is 5.92 Å². The Morgan fingerprint density at radius 2 is 1.94 bits per heavy atom. The van der Waals surface area contributed by atoms with Gasteiger partial charge in [-0.3, -0.25) is 4.79 Å². The maximum atomic E-state index is 11.8. The second-order valence-corrected chi connectivity index (χ2v) is 4.68. The maximum Gasteiger partial charge on any atom is 0.321 e. The molecule has 5 nitrogen and oxygen atoms in total. The third-order valence-electron chi connectivity index (χ3n) is 2.89. The number of esters is 1. The lowest BCUT2D eigenvalue weighted by Crippen LogP contribution is -2.44. The van der Waals surface area contributed by atoms with E-state index < -0.39 is 0 Å². The molecule has 2 amide bonds. The van der Waals surface area contributed by atoms with Crippen LogP contribution in [0.2, 0.25) is 0 Å². The number of nitrogens with zero attached hydrogens (tertiary/aromatic N) is 1. The highest BCUT2D eigenvalue weighted by molar-refractivity contribution is 5.76. The van der Waals surface area contributed by atoms with Crippen LogP contribution in [0.1, 0.15) is 33.6 Å². The summed E-state index contributed by atoms with van der Waals surface area (Å²) in [7, 11) is 0. The lowest BCUT2D eigenvalue weighted by atomic mass is 9.97. The summed E-state index contributed by atoms with van der Waals surface area (Å²) in [5, 5.41) is 2.73. The van der Waals surface area contributed by atoms with Crippen molar-refractivity contribution in [3.8, 4) is 0 Å². The molecule has 0 atom stereocenters. The van der Waals surface area contributed by atoms with Gasteiger partial charge in [-0.05, 0) is 33.6 Å². The van der Waals surface area contributed by atoms with E-state index in [4.69, 9.17) is 4.74 Å². The summed E-state index contributed by atoms with van der Waals surface area (Å²) < 4.78 is 4.99. The fourth-order valence-corrected chi connectivity index (χ4v) is 1.88. The number of urea groups is 1. The van der Waals surface area contributed by atoms with Crippen LogP contribution in [0.25, 0.3) is 0 Å². The third kappa shape index (κ3) is 4.39. The second-order valence-electron chi connectivity index (χ2n) is 4.68. The van der Waals surface area contributed by atoms with Crippen LogP contribution >= 0.6 is 0 Å². The molecule has 1 aliphatic rings. The van der Waals surface area contributed by atoms with Crippen molar-refractivity contribution >= 4 is 12.0 Å². The van der Waals surface area contributed by atoms with Gasteiger partial charge in [0.05, 0.1) is 12.5 Å². The van der Waals surface area contributed by atoms with E-state index in [1.165, 1.54) is 0 Å². The van der Waals surface area contributed by atoms with E-state index in [1.54, 1.807) is 18.0 Å². The van der Waals surface area contributed by atoms with Gasteiger partial charge in [-0.2, -0.15) is 0 Å². The topological polar surface area (TPSA) is 58.6 Å². The molecule has 102 valence electrons. The molecule has 5 heteroatoms. The zero-order chi connectivity index (χ0) is 13.5. The molecule has 0 aromatic rings. The van der Waals surface area contributed by atoms with Gasteiger partial charge in [0.2, 0.25) is 0 Å². The highest BCUT2D eigenvalue weighted by atomic mass is 16.5. The monoisotopic (exact) mass is 254 g/mol. The van der Waals surface area contributed by atoms with Crippen LogP contribution in [0.4, 0.5) is 4.79 Å². The lowest BCUT2D eigenvalue weighted by molar-refractivity contribution is -0.149. The summed E-state index contributed by atoms with van der Waals surface area (Å²) in [6.07, 6.45) is 3.06. The number of rotatable bonds is 3. The smallest absolute Gasteiger partial charge is 0.321 e. The highest BCUT2D eigenvalue weighted by Crippen LogP contribution is 2.18. The van der Waals surface area contributed by atoms with Crippen molar-refractivity contribution in [2.24, 2.45) is 5.92 Å². The molecule has 0 aromatic carbocycles. The molecule has 0 aliphatic carbocycles. The normalized spacial score (nSPS) is 16.1. The second kappa shape index (κ2) is 7.03. The Hall–Kier alpha value is -1.52. The Morgan fingerprint density at radius 3 is 2.44 bits per heavy atom. The maximum absolute atomic E-state index is 11.8. The van der Waals surface area contributed by atoms with E-state index in [9.17, 15) is 9.59 Å². The molecule has 1 fully saturated rings. The van der Waals surface area contributed by atoms with Crippen molar-refractivity contribution in [3.63, 3.8) is 0 Å². The van der Waals surface area contributed by atoms with Gasteiger partial charge >= 0.3 is 12.0 Å². The van der Waals surface area contributed by atoms with Gasteiger partial charge in [-0.25, -0.2) is 4.79 Å². The Labute approximate surface area is 108 Å². The van der Waals surface area contributed by atoms with Crippen LogP contribution in [-0.2, 0) is 9.53 Å². The zero-order valence-corrected chi connectivity index (χ0v) is 11.4. The van der Waals surface area contributed by atoms with Crippen LogP contribution < -0.4 is 5.32 Å². The average molecular weight is 254 g/mol. The minimum Gasteiger partial charge on any atom is -0.466 e. The van der Waals surface area contributed by atoms with E-state index in [-0.39, 0.29) is 17.9 Å². The summed E-state index contributed by atoms with van der Waals surface area (Å²) in [4.78, 5) is 25.0. The van der Waals surface area contributed by atoms with Crippen LogP contribution in [0.5, 0.6) is 0 Å². The van der Waals surface area contributed by atoms with Crippen LogP contribution in [0.3, 0.4) is 0 Å². The van der Waals surface area contributed by atoms with Crippen molar-refractivity contribution in [1.29, 1.82) is 0 Å². The van der Waals surface area contributed by atoms with Gasteiger partial charge in [0.1, 0.15) is 0 Å². The van der Waals surface area contributed by atoms with Gasteiger partial charge in [-0.1, -0.05) is 5.57 Å². The number of hydrogen-bond acceptors (Lipinski definition) is 3. The van der Waals surface area contributed by atoms with Crippen molar-refractivity contribution in [3.05, 3.63) is 11.8 Å². The van der Waals surface area contributed by atoms with Crippen molar-refractivity contribution < 1.29 is 14.3 Å². The molecular formula is C13H22N2O3. The van der Waals surface area contributed by atoms with E-state index >= 15 is 0 Å². The highest BCUT2D eigenvalue weighted by Gasteiger charge is 2.27. The van der Waals surface area contributed by atoms with E-state index in [1.807, 2.05) is 13.8 Å². The minimum absolute atomic E-state index is 0.0579. The molecule has 0 saturated carbocycles. The number of amides is 2. The Bertz CT molecular complexity index is 327. The first-order valence-corrected chi connectivity index (χ1v) is 6.40. The summed E-state index contributed by atoms with van der Waals surface area (Å²) in [5.41, 5.74) is 1.05. The molecule has 1 heterocycles. The minimum atomic E-state index is -0.137. The lowest BCUT2D eigenvalue weighted by Gasteiger charge is -2.30. The SMILES string of the molecule is CCOC(=O)C1CCN(C(=O)NC=C(C)C)CC1. The molecular weight excluding hydrogens is 232 g/mol. The van der Waals surface area contributed by atoms with Gasteiger partial charge in [0.15, 0.2) is 0 Å². The molecule has 18 heavy (non-hydrogen) atoms. The summed E-state index contributed by atoms with van der Waals surface area (Å²) >= 11 is 0. The van der Waals surface area contributed by atoms with Crippen molar-refractivity contribution in [2.45, 2.75) is 33.6 Å². The summed E-state index contributed by atoms with van der Waals surface area (Å²) in [5.74, 6) is -0.195. The number of piperidine rings is 1. The van der Waals surface area contributed by atoms with Crippen LogP contribution in [-0.4, -0.2) is 36.6 Å².